The minimum absolute atomic E-state index is 0.0154. The lowest BCUT2D eigenvalue weighted by Gasteiger charge is -2.26. The molecule has 4 nitrogen and oxygen atoms in total. The Labute approximate surface area is 138 Å². The zero-order valence-corrected chi connectivity index (χ0v) is 14.2. The summed E-state index contributed by atoms with van der Waals surface area (Å²) < 4.78 is 23.2. The average molecular weight is 335 g/mol. The van der Waals surface area contributed by atoms with Crippen LogP contribution in [-0.4, -0.2) is 31.9 Å². The SMILES string of the molecule is O=C(N[C@@H](Cc1ccccc1)C1CCCC1)[C@@H]1CCS(=O)(=O)C1. The van der Waals surface area contributed by atoms with Crippen molar-refractivity contribution in [1.29, 1.82) is 0 Å². The molecule has 0 spiro atoms. The van der Waals surface area contributed by atoms with Gasteiger partial charge in [0.05, 0.1) is 17.4 Å². The number of benzene rings is 1. The zero-order chi connectivity index (χ0) is 16.3. The Kier molecular flexibility index (Phi) is 5.05. The molecule has 2 atom stereocenters. The molecule has 3 rings (SSSR count). The van der Waals surface area contributed by atoms with Crippen molar-refractivity contribution >= 4 is 15.7 Å². The first-order valence-electron chi connectivity index (χ1n) is 8.58. The monoisotopic (exact) mass is 335 g/mol. The molecule has 23 heavy (non-hydrogen) atoms. The van der Waals surface area contributed by atoms with Gasteiger partial charge >= 0.3 is 0 Å². The first kappa shape index (κ1) is 16.5. The van der Waals surface area contributed by atoms with Crippen molar-refractivity contribution in [1.82, 2.24) is 5.32 Å². The van der Waals surface area contributed by atoms with Crippen LogP contribution in [0.3, 0.4) is 0 Å². The molecular formula is C18H25NO3S. The standard InChI is InChI=1S/C18H25NO3S/c20-18(16-10-11-23(21,22)13-16)19-17(15-8-4-5-9-15)12-14-6-2-1-3-7-14/h1-3,6-7,15-17H,4-5,8-13H2,(H,19,20)/t16-,17+/m1/s1. The highest BCUT2D eigenvalue weighted by Crippen LogP contribution is 2.30. The molecule has 1 aromatic rings. The van der Waals surface area contributed by atoms with Crippen LogP contribution in [0.1, 0.15) is 37.7 Å². The van der Waals surface area contributed by atoms with E-state index < -0.39 is 9.84 Å². The van der Waals surface area contributed by atoms with Crippen LogP contribution in [0.5, 0.6) is 0 Å². The number of sulfone groups is 1. The molecule has 1 aliphatic carbocycles. The lowest BCUT2D eigenvalue weighted by molar-refractivity contribution is -0.125. The van der Waals surface area contributed by atoms with Crippen molar-refractivity contribution in [3.63, 3.8) is 0 Å². The molecule has 126 valence electrons. The van der Waals surface area contributed by atoms with Crippen molar-refractivity contribution in [2.45, 2.75) is 44.6 Å². The molecule has 1 saturated heterocycles. The quantitative estimate of drug-likeness (QED) is 0.898. The van der Waals surface area contributed by atoms with Gasteiger partial charge in [-0.3, -0.25) is 4.79 Å². The van der Waals surface area contributed by atoms with Gasteiger partial charge < -0.3 is 5.32 Å². The molecule has 1 amide bonds. The number of carbonyl (C=O) groups excluding carboxylic acids is 1. The van der Waals surface area contributed by atoms with E-state index in [1.165, 1.54) is 18.4 Å². The third-order valence-corrected chi connectivity index (χ3v) is 6.97. The molecule has 2 fully saturated rings. The van der Waals surface area contributed by atoms with Gasteiger partial charge in [-0.25, -0.2) is 8.42 Å². The third-order valence-electron chi connectivity index (χ3n) is 5.20. The summed E-state index contributed by atoms with van der Waals surface area (Å²) in [5, 5.41) is 3.18. The fraction of sp³-hybridized carbons (Fsp3) is 0.611. The van der Waals surface area contributed by atoms with Gasteiger partial charge in [0, 0.05) is 6.04 Å². The maximum Gasteiger partial charge on any atom is 0.224 e. The van der Waals surface area contributed by atoms with E-state index in [0.717, 1.165) is 19.3 Å². The van der Waals surface area contributed by atoms with Crippen LogP contribution in [0.2, 0.25) is 0 Å². The smallest absolute Gasteiger partial charge is 0.224 e. The van der Waals surface area contributed by atoms with Crippen LogP contribution in [0.15, 0.2) is 30.3 Å². The fourth-order valence-corrected chi connectivity index (χ4v) is 5.61. The predicted octanol–water partition coefficient (Wildman–Crippen LogP) is 2.34. The number of amides is 1. The number of carbonyl (C=O) groups is 1. The van der Waals surface area contributed by atoms with Gasteiger partial charge in [0.25, 0.3) is 0 Å². The first-order valence-corrected chi connectivity index (χ1v) is 10.4. The van der Waals surface area contributed by atoms with Gasteiger partial charge in [0.1, 0.15) is 0 Å². The number of hydrogen-bond donors (Lipinski definition) is 1. The molecule has 1 aliphatic heterocycles. The first-order chi connectivity index (χ1) is 11.0. The van der Waals surface area contributed by atoms with E-state index >= 15 is 0 Å². The summed E-state index contributed by atoms with van der Waals surface area (Å²) in [6, 6.07) is 10.3. The summed E-state index contributed by atoms with van der Waals surface area (Å²) in [5.41, 5.74) is 1.23. The summed E-state index contributed by atoms with van der Waals surface area (Å²) in [5.74, 6) is 0.245. The highest BCUT2D eigenvalue weighted by molar-refractivity contribution is 7.91. The van der Waals surface area contributed by atoms with E-state index in [1.807, 2.05) is 18.2 Å². The second kappa shape index (κ2) is 7.04. The van der Waals surface area contributed by atoms with Gasteiger partial charge in [0.2, 0.25) is 5.91 Å². The molecule has 2 aliphatic rings. The third kappa shape index (κ3) is 4.34. The largest absolute Gasteiger partial charge is 0.352 e. The molecular weight excluding hydrogens is 310 g/mol. The number of hydrogen-bond acceptors (Lipinski definition) is 3. The Morgan fingerprint density at radius 1 is 1.13 bits per heavy atom. The van der Waals surface area contributed by atoms with E-state index in [-0.39, 0.29) is 29.4 Å². The van der Waals surface area contributed by atoms with E-state index in [4.69, 9.17) is 0 Å². The molecule has 1 aromatic carbocycles. The Hall–Kier alpha value is -1.36. The average Bonchev–Trinajstić information content (AvgIpc) is 3.17. The molecule has 5 heteroatoms. The Bertz CT molecular complexity index is 635. The normalized spacial score (nSPS) is 25.3. The van der Waals surface area contributed by atoms with Crippen LogP contribution in [-0.2, 0) is 21.1 Å². The molecule has 1 heterocycles. The molecule has 1 saturated carbocycles. The zero-order valence-electron chi connectivity index (χ0n) is 13.4. The highest BCUT2D eigenvalue weighted by atomic mass is 32.2. The van der Waals surface area contributed by atoms with Crippen LogP contribution >= 0.6 is 0 Å². The topological polar surface area (TPSA) is 63.2 Å². The Balaban J connectivity index is 1.67. The van der Waals surface area contributed by atoms with Crippen LogP contribution in [0, 0.1) is 11.8 Å². The van der Waals surface area contributed by atoms with Crippen LogP contribution < -0.4 is 5.32 Å². The predicted molar refractivity (Wildman–Crippen MR) is 90.8 cm³/mol. The Morgan fingerprint density at radius 2 is 1.83 bits per heavy atom. The van der Waals surface area contributed by atoms with E-state index in [2.05, 4.69) is 17.4 Å². The second-order valence-electron chi connectivity index (χ2n) is 6.95. The van der Waals surface area contributed by atoms with Crippen molar-refractivity contribution in [2.24, 2.45) is 11.8 Å². The lowest BCUT2D eigenvalue weighted by Crippen LogP contribution is -2.44. The van der Waals surface area contributed by atoms with Gasteiger partial charge in [-0.1, -0.05) is 43.2 Å². The maximum atomic E-state index is 12.5. The minimum atomic E-state index is -3.02. The van der Waals surface area contributed by atoms with Crippen molar-refractivity contribution in [3.8, 4) is 0 Å². The molecule has 0 bridgehead atoms. The summed E-state index contributed by atoms with van der Waals surface area (Å²) in [6.45, 7) is 0. The molecule has 0 radical (unpaired) electrons. The number of nitrogens with one attached hydrogen (secondary N) is 1. The van der Waals surface area contributed by atoms with E-state index in [0.29, 0.717) is 12.3 Å². The summed E-state index contributed by atoms with van der Waals surface area (Å²) in [7, 11) is -3.02. The van der Waals surface area contributed by atoms with Gasteiger partial charge in [-0.2, -0.15) is 0 Å². The summed E-state index contributed by atoms with van der Waals surface area (Å²) in [6.07, 6.45) is 6.06. The van der Waals surface area contributed by atoms with Crippen molar-refractivity contribution in [2.75, 3.05) is 11.5 Å². The van der Waals surface area contributed by atoms with E-state index in [9.17, 15) is 13.2 Å². The molecule has 0 unspecified atom stereocenters. The maximum absolute atomic E-state index is 12.5. The van der Waals surface area contributed by atoms with Gasteiger partial charge in [0.15, 0.2) is 9.84 Å². The van der Waals surface area contributed by atoms with Crippen LogP contribution in [0.4, 0.5) is 0 Å². The molecule has 1 N–H and O–H groups in total. The van der Waals surface area contributed by atoms with Crippen molar-refractivity contribution in [3.05, 3.63) is 35.9 Å². The highest BCUT2D eigenvalue weighted by Gasteiger charge is 2.35. The second-order valence-corrected chi connectivity index (χ2v) is 9.18. The number of rotatable bonds is 5. The summed E-state index contributed by atoms with van der Waals surface area (Å²) >= 11 is 0. The van der Waals surface area contributed by atoms with Gasteiger partial charge in [-0.15, -0.1) is 0 Å². The molecule has 0 aromatic heterocycles. The minimum Gasteiger partial charge on any atom is -0.352 e. The Morgan fingerprint density at radius 3 is 2.43 bits per heavy atom. The lowest BCUT2D eigenvalue weighted by atomic mass is 9.91. The van der Waals surface area contributed by atoms with Gasteiger partial charge in [-0.05, 0) is 37.2 Å². The van der Waals surface area contributed by atoms with E-state index in [1.54, 1.807) is 0 Å². The van der Waals surface area contributed by atoms with Crippen molar-refractivity contribution < 1.29 is 13.2 Å². The fourth-order valence-electron chi connectivity index (χ4n) is 3.87. The summed E-state index contributed by atoms with van der Waals surface area (Å²) in [4.78, 5) is 12.5. The van der Waals surface area contributed by atoms with Crippen LogP contribution in [0.25, 0.3) is 0 Å².